The highest BCUT2D eigenvalue weighted by Crippen LogP contribution is 2.39. The first-order chi connectivity index (χ1) is 16.8. The van der Waals surface area contributed by atoms with Gasteiger partial charge >= 0.3 is 11.9 Å². The molecule has 12 heteroatoms. The van der Waals surface area contributed by atoms with Crippen LogP contribution < -0.4 is 10.1 Å². The van der Waals surface area contributed by atoms with Crippen LogP contribution in [0.3, 0.4) is 0 Å². The van der Waals surface area contributed by atoms with E-state index in [4.69, 9.17) is 9.47 Å². The zero-order chi connectivity index (χ0) is 25.1. The Balaban J connectivity index is 1.38. The second-order valence-corrected chi connectivity index (χ2v) is 10.8. The lowest BCUT2D eigenvalue weighted by atomic mass is 10.1. The maximum Gasteiger partial charge on any atom is 0.341 e. The number of hydrogen-bond acceptors (Lipinski definition) is 9. The largest absolute Gasteiger partial charge is 0.465 e. The average Bonchev–Trinajstić information content (AvgIpc) is 3.51. The number of thiophene rings is 1. The summed E-state index contributed by atoms with van der Waals surface area (Å²) in [4.78, 5) is 54.6. The Morgan fingerprint density at radius 3 is 2.60 bits per heavy atom. The predicted molar refractivity (Wildman–Crippen MR) is 136 cm³/mol. The normalized spacial score (nSPS) is 13.1. The van der Waals surface area contributed by atoms with Gasteiger partial charge < -0.3 is 19.4 Å². The first-order valence-electron chi connectivity index (χ1n) is 10.7. The van der Waals surface area contributed by atoms with Gasteiger partial charge in [0.15, 0.2) is 4.80 Å². The van der Waals surface area contributed by atoms with Crippen LogP contribution in [0.2, 0.25) is 0 Å². The van der Waals surface area contributed by atoms with E-state index in [1.54, 1.807) is 29.8 Å². The zero-order valence-electron chi connectivity index (χ0n) is 19.3. The number of ether oxygens (including phenoxy) is 2. The van der Waals surface area contributed by atoms with Crippen molar-refractivity contribution in [1.29, 1.82) is 0 Å². The van der Waals surface area contributed by atoms with E-state index in [0.717, 1.165) is 51.7 Å². The van der Waals surface area contributed by atoms with Gasteiger partial charge in [-0.2, -0.15) is 4.99 Å². The van der Waals surface area contributed by atoms with Crippen LogP contribution in [-0.2, 0) is 39.0 Å². The molecule has 0 spiro atoms. The molecule has 0 aliphatic heterocycles. The Labute approximate surface area is 213 Å². The molecule has 35 heavy (non-hydrogen) atoms. The summed E-state index contributed by atoms with van der Waals surface area (Å²) in [5.41, 5.74) is 2.67. The minimum Gasteiger partial charge on any atom is -0.465 e. The monoisotopic (exact) mass is 533 g/mol. The molecule has 0 bridgehead atoms. The van der Waals surface area contributed by atoms with E-state index in [2.05, 4.69) is 10.3 Å². The minimum atomic E-state index is -0.448. The van der Waals surface area contributed by atoms with Gasteiger partial charge in [0.25, 0.3) is 5.91 Å². The van der Waals surface area contributed by atoms with Crippen LogP contribution >= 0.6 is 34.4 Å². The van der Waals surface area contributed by atoms with Crippen LogP contribution in [0.1, 0.15) is 37.6 Å². The molecule has 0 unspecified atom stereocenters. The van der Waals surface area contributed by atoms with Gasteiger partial charge in [-0.25, -0.2) is 9.59 Å². The number of esters is 2. The summed E-state index contributed by atoms with van der Waals surface area (Å²) in [6, 6.07) is 5.15. The third kappa shape index (κ3) is 5.34. The number of methoxy groups -OCH3 is 2. The van der Waals surface area contributed by atoms with Crippen molar-refractivity contribution in [3.8, 4) is 0 Å². The molecule has 2 aromatic heterocycles. The molecular formula is C23H23N3O6S3. The minimum absolute atomic E-state index is 0.0277. The third-order valence-electron chi connectivity index (χ3n) is 5.47. The molecule has 0 radical (unpaired) electrons. The SMILES string of the molecule is COC(=O)c1ccc2c(c1)sc(=NC(=O)CSCC(=O)Nc1sc3c(c1C(=O)OC)CCC3)n2C. The van der Waals surface area contributed by atoms with Crippen LogP contribution in [-0.4, -0.2) is 54.0 Å². The number of amides is 2. The molecule has 9 nitrogen and oxygen atoms in total. The van der Waals surface area contributed by atoms with Crippen LogP contribution in [0.5, 0.6) is 0 Å². The van der Waals surface area contributed by atoms with Gasteiger partial charge in [0.1, 0.15) is 5.00 Å². The summed E-state index contributed by atoms with van der Waals surface area (Å²) in [5, 5.41) is 3.31. The number of benzene rings is 1. The molecule has 4 rings (SSSR count). The molecule has 1 aromatic carbocycles. The predicted octanol–water partition coefficient (Wildman–Crippen LogP) is 3.16. The first kappa shape index (κ1) is 25.1. The van der Waals surface area contributed by atoms with Gasteiger partial charge in [-0.3, -0.25) is 9.59 Å². The summed E-state index contributed by atoms with van der Waals surface area (Å²) in [6.07, 6.45) is 2.69. The number of thiazole rings is 1. The van der Waals surface area contributed by atoms with Crippen molar-refractivity contribution in [3.05, 3.63) is 44.6 Å². The molecule has 184 valence electrons. The van der Waals surface area contributed by atoms with E-state index in [-0.39, 0.29) is 23.3 Å². The molecule has 1 aliphatic carbocycles. The Hall–Kier alpha value is -2.96. The van der Waals surface area contributed by atoms with Gasteiger partial charge in [-0.1, -0.05) is 11.3 Å². The number of thioether (sulfide) groups is 1. The van der Waals surface area contributed by atoms with Gasteiger partial charge in [0.2, 0.25) is 5.91 Å². The van der Waals surface area contributed by atoms with Crippen molar-refractivity contribution in [3.63, 3.8) is 0 Å². The van der Waals surface area contributed by atoms with Gasteiger partial charge in [0.05, 0.1) is 47.1 Å². The first-order valence-corrected chi connectivity index (χ1v) is 13.5. The van der Waals surface area contributed by atoms with E-state index in [9.17, 15) is 19.2 Å². The van der Waals surface area contributed by atoms with Crippen molar-refractivity contribution in [2.75, 3.05) is 31.0 Å². The number of aromatic nitrogens is 1. The molecular weight excluding hydrogens is 510 g/mol. The highest BCUT2D eigenvalue weighted by atomic mass is 32.2. The van der Waals surface area contributed by atoms with Crippen molar-refractivity contribution in [2.45, 2.75) is 19.3 Å². The highest BCUT2D eigenvalue weighted by Gasteiger charge is 2.28. The molecule has 0 fully saturated rings. The lowest BCUT2D eigenvalue weighted by Gasteiger charge is -2.06. The fourth-order valence-corrected chi connectivity index (χ4v) is 6.80. The Morgan fingerprint density at radius 1 is 1.09 bits per heavy atom. The summed E-state index contributed by atoms with van der Waals surface area (Å²) in [7, 11) is 4.44. The smallest absolute Gasteiger partial charge is 0.341 e. The van der Waals surface area contributed by atoms with Gasteiger partial charge in [-0.05, 0) is 43.0 Å². The van der Waals surface area contributed by atoms with E-state index in [1.165, 1.54) is 36.9 Å². The molecule has 2 heterocycles. The lowest BCUT2D eigenvalue weighted by Crippen LogP contribution is -2.18. The summed E-state index contributed by atoms with van der Waals surface area (Å²) >= 11 is 3.85. The molecule has 0 atom stereocenters. The van der Waals surface area contributed by atoms with Crippen LogP contribution in [0.15, 0.2) is 23.2 Å². The highest BCUT2D eigenvalue weighted by molar-refractivity contribution is 8.00. The zero-order valence-corrected chi connectivity index (χ0v) is 21.8. The number of fused-ring (bicyclic) bond motifs is 2. The van der Waals surface area contributed by atoms with Gasteiger partial charge in [-0.15, -0.1) is 23.1 Å². The Morgan fingerprint density at radius 2 is 1.86 bits per heavy atom. The number of carbonyl (C=O) groups is 4. The number of rotatable bonds is 7. The van der Waals surface area contributed by atoms with Crippen molar-refractivity contribution in [2.24, 2.45) is 12.0 Å². The molecule has 1 N–H and O–H groups in total. The molecule has 3 aromatic rings. The van der Waals surface area contributed by atoms with Crippen LogP contribution in [0, 0.1) is 0 Å². The van der Waals surface area contributed by atoms with Crippen LogP contribution in [0.25, 0.3) is 10.2 Å². The topological polar surface area (TPSA) is 116 Å². The summed E-state index contributed by atoms with van der Waals surface area (Å²) in [5.74, 6) is -1.47. The Kier molecular flexibility index (Phi) is 7.72. The molecule has 1 aliphatic rings. The van der Waals surface area contributed by atoms with Crippen molar-refractivity contribution < 1.29 is 28.7 Å². The number of hydrogen-bond donors (Lipinski definition) is 1. The fraction of sp³-hybridized carbons (Fsp3) is 0.348. The van der Waals surface area contributed by atoms with E-state index < -0.39 is 11.9 Å². The maximum atomic E-state index is 12.5. The van der Waals surface area contributed by atoms with Gasteiger partial charge in [0, 0.05) is 11.9 Å². The van der Waals surface area contributed by atoms with Crippen molar-refractivity contribution >= 4 is 73.4 Å². The number of carbonyl (C=O) groups excluding carboxylic acids is 4. The number of aryl methyl sites for hydroxylation is 2. The number of nitrogens with zero attached hydrogens (tertiary/aromatic N) is 2. The summed E-state index contributed by atoms with van der Waals surface area (Å²) in [6.45, 7) is 0. The fourth-order valence-electron chi connectivity index (χ4n) is 3.83. The average molecular weight is 534 g/mol. The van der Waals surface area contributed by atoms with Crippen LogP contribution in [0.4, 0.5) is 5.00 Å². The number of anilines is 1. The van der Waals surface area contributed by atoms with E-state index in [1.807, 2.05) is 0 Å². The standard InChI is InChI=1S/C23H23N3O6S3/c1-26-14-8-7-12(21(29)31-2)9-16(14)35-23(26)25-18(28)11-33-10-17(27)24-20-19(22(30)32-3)13-5-4-6-15(13)34-20/h7-9H,4-6,10-11H2,1-3H3,(H,24,27). The van der Waals surface area contributed by atoms with E-state index in [0.29, 0.717) is 20.9 Å². The molecule has 2 amide bonds. The number of nitrogens with one attached hydrogen (secondary N) is 1. The second-order valence-electron chi connectivity index (χ2n) is 7.72. The maximum absolute atomic E-state index is 12.5. The quantitative estimate of drug-likeness (QED) is 0.464. The molecule has 0 saturated heterocycles. The molecule has 0 saturated carbocycles. The van der Waals surface area contributed by atoms with Crippen molar-refractivity contribution in [1.82, 2.24) is 4.57 Å². The van der Waals surface area contributed by atoms with E-state index >= 15 is 0 Å². The summed E-state index contributed by atoms with van der Waals surface area (Å²) < 4.78 is 12.2. The Bertz CT molecular complexity index is 1400. The second kappa shape index (κ2) is 10.8. The third-order valence-corrected chi connectivity index (χ3v) is 8.69. The lowest BCUT2D eigenvalue weighted by molar-refractivity contribution is -0.115.